The van der Waals surface area contributed by atoms with E-state index in [0.717, 1.165) is 0 Å². The van der Waals surface area contributed by atoms with Crippen LogP contribution in [0.1, 0.15) is 11.6 Å². The lowest BCUT2D eigenvalue weighted by molar-refractivity contribution is 0.177. The van der Waals surface area contributed by atoms with Crippen LogP contribution in [0.2, 0.25) is 5.02 Å². The van der Waals surface area contributed by atoms with Crippen molar-refractivity contribution in [3.8, 4) is 0 Å². The molecular weight excluding hydrogens is 244 g/mol. The first-order chi connectivity index (χ1) is 6.66. The Balaban J connectivity index is 0.00000112. The minimum atomic E-state index is -0.495. The Labute approximate surface area is 97.0 Å². The van der Waals surface area contributed by atoms with Crippen molar-refractivity contribution in [2.45, 2.75) is 6.04 Å². The van der Waals surface area contributed by atoms with E-state index in [2.05, 4.69) is 10.1 Å². The maximum Gasteiger partial charge on any atom is 0.407 e. The predicted octanol–water partition coefficient (Wildman–Crippen LogP) is 2.68. The summed E-state index contributed by atoms with van der Waals surface area (Å²) in [6, 6.07) is 4.12. The zero-order valence-electron chi connectivity index (χ0n) is 7.50. The summed E-state index contributed by atoms with van der Waals surface area (Å²) in [7, 11) is 0. The summed E-state index contributed by atoms with van der Waals surface area (Å²) in [4.78, 5) is 10.7. The highest BCUT2D eigenvalue weighted by atomic mass is 35.5. The van der Waals surface area contributed by atoms with Gasteiger partial charge in [-0.1, -0.05) is 17.7 Å². The first-order valence-electron chi connectivity index (χ1n) is 4.05. The monoisotopic (exact) mass is 251 g/mol. The Bertz CT molecular complexity index is 386. The number of hydrogen-bond donors (Lipinski definition) is 1. The number of ether oxygens (including phenoxy) is 1. The van der Waals surface area contributed by atoms with Crippen LogP contribution in [0.3, 0.4) is 0 Å². The van der Waals surface area contributed by atoms with Gasteiger partial charge in [-0.25, -0.2) is 9.18 Å². The number of rotatable bonds is 1. The molecule has 1 aromatic carbocycles. The second-order valence-corrected chi connectivity index (χ2v) is 3.38. The summed E-state index contributed by atoms with van der Waals surface area (Å²) in [6.07, 6.45) is -0.481. The number of benzene rings is 1. The summed E-state index contributed by atoms with van der Waals surface area (Å²) in [5.74, 6) is -0.495. The molecule has 1 aliphatic heterocycles. The van der Waals surface area contributed by atoms with Gasteiger partial charge in [0.2, 0.25) is 0 Å². The van der Waals surface area contributed by atoms with Crippen molar-refractivity contribution in [1.82, 2.24) is 5.32 Å². The van der Waals surface area contributed by atoms with Gasteiger partial charge in [0.25, 0.3) is 0 Å². The Morgan fingerprint density at radius 2 is 2.27 bits per heavy atom. The fraction of sp³-hybridized carbons (Fsp3) is 0.222. The van der Waals surface area contributed by atoms with Crippen molar-refractivity contribution < 1.29 is 13.9 Å². The molecule has 1 amide bonds. The van der Waals surface area contributed by atoms with Crippen molar-refractivity contribution in [2.75, 3.05) is 6.61 Å². The molecule has 0 spiro atoms. The lowest BCUT2D eigenvalue weighted by Gasteiger charge is -2.07. The number of amides is 1. The van der Waals surface area contributed by atoms with Gasteiger partial charge in [-0.2, -0.15) is 0 Å². The number of carbonyl (C=O) groups is 1. The quantitative estimate of drug-likeness (QED) is 0.834. The third-order valence-corrected chi connectivity index (χ3v) is 2.33. The zero-order chi connectivity index (χ0) is 10.1. The summed E-state index contributed by atoms with van der Waals surface area (Å²) in [5, 5.41) is 2.61. The standard InChI is InChI=1S/C9H7ClFNO2.ClH/c10-6-2-1-5(3-7(6)11)8-4-14-9(13)12-8;/h1-3,8H,4H2,(H,12,13);1H/t8-;/m1./s1. The van der Waals surface area contributed by atoms with Crippen molar-refractivity contribution >= 4 is 30.1 Å². The summed E-state index contributed by atoms with van der Waals surface area (Å²) in [5.41, 5.74) is 0.651. The minimum absolute atomic E-state index is 0. The molecule has 3 nitrogen and oxygen atoms in total. The fourth-order valence-electron chi connectivity index (χ4n) is 1.29. The van der Waals surface area contributed by atoms with Crippen LogP contribution in [0.5, 0.6) is 0 Å². The number of nitrogens with one attached hydrogen (secondary N) is 1. The molecule has 0 unspecified atom stereocenters. The molecule has 82 valence electrons. The van der Waals surface area contributed by atoms with Gasteiger partial charge in [-0.05, 0) is 17.7 Å². The van der Waals surface area contributed by atoms with Crippen LogP contribution in [-0.4, -0.2) is 12.7 Å². The van der Waals surface area contributed by atoms with Crippen LogP contribution in [0.15, 0.2) is 18.2 Å². The predicted molar refractivity (Wildman–Crippen MR) is 55.9 cm³/mol. The van der Waals surface area contributed by atoms with Crippen LogP contribution in [0.4, 0.5) is 9.18 Å². The van der Waals surface area contributed by atoms with E-state index in [0.29, 0.717) is 5.56 Å². The number of hydrogen-bond acceptors (Lipinski definition) is 2. The maximum atomic E-state index is 13.0. The Morgan fingerprint density at radius 1 is 1.53 bits per heavy atom. The highest BCUT2D eigenvalue weighted by molar-refractivity contribution is 6.30. The van der Waals surface area contributed by atoms with Crippen molar-refractivity contribution in [3.63, 3.8) is 0 Å². The van der Waals surface area contributed by atoms with Gasteiger partial charge < -0.3 is 10.1 Å². The van der Waals surface area contributed by atoms with E-state index in [9.17, 15) is 9.18 Å². The lowest BCUT2D eigenvalue weighted by atomic mass is 10.1. The molecule has 15 heavy (non-hydrogen) atoms. The number of carbonyl (C=O) groups excluding carboxylic acids is 1. The van der Waals surface area contributed by atoms with Crippen molar-refractivity contribution in [3.05, 3.63) is 34.6 Å². The van der Waals surface area contributed by atoms with Crippen LogP contribution in [-0.2, 0) is 4.74 Å². The van der Waals surface area contributed by atoms with Crippen molar-refractivity contribution in [2.24, 2.45) is 0 Å². The lowest BCUT2D eigenvalue weighted by Crippen LogP contribution is -2.18. The summed E-state index contributed by atoms with van der Waals surface area (Å²) >= 11 is 5.52. The molecule has 1 heterocycles. The van der Waals surface area contributed by atoms with Crippen molar-refractivity contribution in [1.29, 1.82) is 0 Å². The van der Waals surface area contributed by atoms with Gasteiger partial charge >= 0.3 is 6.09 Å². The van der Waals surface area contributed by atoms with Crippen LogP contribution in [0, 0.1) is 5.82 Å². The molecular formula is C9H8Cl2FNO2. The molecule has 1 fully saturated rings. The number of cyclic esters (lactones) is 1. The third kappa shape index (κ3) is 2.52. The van der Waals surface area contributed by atoms with Gasteiger partial charge in [-0.15, -0.1) is 12.4 Å². The van der Waals surface area contributed by atoms with Crippen LogP contribution < -0.4 is 5.32 Å². The molecule has 0 aliphatic carbocycles. The second kappa shape index (κ2) is 4.68. The average Bonchev–Trinajstić information content (AvgIpc) is 2.57. The zero-order valence-corrected chi connectivity index (χ0v) is 9.07. The molecule has 6 heteroatoms. The van der Waals surface area contributed by atoms with Crippen LogP contribution >= 0.6 is 24.0 Å². The summed E-state index contributed by atoms with van der Waals surface area (Å²) in [6.45, 7) is 0.222. The molecule has 0 radical (unpaired) electrons. The highest BCUT2D eigenvalue weighted by Gasteiger charge is 2.24. The molecule has 1 saturated heterocycles. The Morgan fingerprint density at radius 3 is 2.80 bits per heavy atom. The topological polar surface area (TPSA) is 38.3 Å². The van der Waals surface area contributed by atoms with Gasteiger partial charge in [0, 0.05) is 0 Å². The van der Waals surface area contributed by atoms with Gasteiger partial charge in [-0.3, -0.25) is 0 Å². The third-order valence-electron chi connectivity index (χ3n) is 2.02. The molecule has 1 atom stereocenters. The maximum absolute atomic E-state index is 13.0. The SMILES string of the molecule is Cl.O=C1N[C@@H](c2ccc(Cl)c(F)c2)CO1. The molecule has 0 bridgehead atoms. The summed E-state index contributed by atoms with van der Waals surface area (Å²) < 4.78 is 17.7. The molecule has 1 N–H and O–H groups in total. The van der Waals surface area contributed by atoms with Gasteiger partial charge in [0.05, 0.1) is 11.1 Å². The minimum Gasteiger partial charge on any atom is -0.447 e. The normalized spacial score (nSPS) is 19.1. The number of halogens is 3. The van der Waals surface area contributed by atoms with Gasteiger partial charge in [0.15, 0.2) is 0 Å². The highest BCUT2D eigenvalue weighted by Crippen LogP contribution is 2.22. The number of alkyl carbamates (subject to hydrolysis) is 1. The smallest absolute Gasteiger partial charge is 0.407 e. The molecule has 0 saturated carbocycles. The van der Waals surface area contributed by atoms with E-state index < -0.39 is 11.9 Å². The first-order valence-corrected chi connectivity index (χ1v) is 4.43. The van der Waals surface area contributed by atoms with E-state index in [1.54, 1.807) is 6.07 Å². The van der Waals surface area contributed by atoms with Gasteiger partial charge in [0.1, 0.15) is 12.4 Å². The van der Waals surface area contributed by atoms with E-state index in [4.69, 9.17) is 11.6 Å². The second-order valence-electron chi connectivity index (χ2n) is 2.97. The average molecular weight is 252 g/mol. The van der Waals surface area contributed by atoms with E-state index in [1.807, 2.05) is 0 Å². The molecule has 1 aromatic rings. The Kier molecular flexibility index (Phi) is 3.77. The largest absolute Gasteiger partial charge is 0.447 e. The first kappa shape index (κ1) is 12.1. The van der Waals surface area contributed by atoms with E-state index >= 15 is 0 Å². The van der Waals surface area contributed by atoms with E-state index in [1.165, 1.54) is 12.1 Å². The fourth-order valence-corrected chi connectivity index (χ4v) is 1.41. The van der Waals surface area contributed by atoms with E-state index in [-0.39, 0.29) is 30.1 Å². The Hall–Kier alpha value is -1.00. The van der Waals surface area contributed by atoms with Crippen LogP contribution in [0.25, 0.3) is 0 Å². The molecule has 1 aliphatic rings. The molecule has 0 aromatic heterocycles. The molecule has 2 rings (SSSR count).